The van der Waals surface area contributed by atoms with E-state index in [0.717, 1.165) is 11.3 Å². The first-order valence-electron chi connectivity index (χ1n) is 7.30. The van der Waals surface area contributed by atoms with E-state index >= 15 is 0 Å². The van der Waals surface area contributed by atoms with E-state index in [2.05, 4.69) is 5.32 Å². The SMILES string of the molecule is CC(C)Oc1ccccc1CC(=O)NC1(C(=O)O)CCSC1. The average molecular weight is 323 g/mol. The number of rotatable bonds is 6. The Balaban J connectivity index is 2.07. The summed E-state index contributed by atoms with van der Waals surface area (Å²) in [6.45, 7) is 3.85. The molecule has 0 bridgehead atoms. The molecule has 5 nitrogen and oxygen atoms in total. The third-order valence-corrected chi connectivity index (χ3v) is 4.69. The number of carboxylic acids is 1. The van der Waals surface area contributed by atoms with Crippen molar-refractivity contribution < 1.29 is 19.4 Å². The monoisotopic (exact) mass is 323 g/mol. The second-order valence-corrected chi connectivity index (χ2v) is 6.79. The van der Waals surface area contributed by atoms with Crippen LogP contribution in [0.25, 0.3) is 0 Å². The number of carboxylic acid groups (broad SMARTS) is 1. The van der Waals surface area contributed by atoms with Crippen LogP contribution in [0.2, 0.25) is 0 Å². The summed E-state index contributed by atoms with van der Waals surface area (Å²) < 4.78 is 5.69. The molecule has 0 saturated carbocycles. The topological polar surface area (TPSA) is 75.6 Å². The first-order valence-corrected chi connectivity index (χ1v) is 8.45. The van der Waals surface area contributed by atoms with Gasteiger partial charge < -0.3 is 15.2 Å². The fraction of sp³-hybridized carbons (Fsp3) is 0.500. The van der Waals surface area contributed by atoms with Gasteiger partial charge in [-0.3, -0.25) is 4.79 Å². The molecule has 1 heterocycles. The summed E-state index contributed by atoms with van der Waals surface area (Å²) in [4.78, 5) is 23.7. The van der Waals surface area contributed by atoms with Crippen LogP contribution >= 0.6 is 11.8 Å². The van der Waals surface area contributed by atoms with Crippen molar-refractivity contribution in [3.63, 3.8) is 0 Å². The predicted molar refractivity (Wildman–Crippen MR) is 86.4 cm³/mol. The molecule has 6 heteroatoms. The van der Waals surface area contributed by atoms with Gasteiger partial charge in [0.15, 0.2) is 0 Å². The zero-order chi connectivity index (χ0) is 16.2. The second kappa shape index (κ2) is 7.05. The Morgan fingerprint density at radius 3 is 2.73 bits per heavy atom. The lowest BCUT2D eigenvalue weighted by atomic mass is 9.98. The lowest BCUT2D eigenvalue weighted by Crippen LogP contribution is -2.55. The number of aliphatic carboxylic acids is 1. The number of hydrogen-bond acceptors (Lipinski definition) is 4. The minimum atomic E-state index is -1.13. The van der Waals surface area contributed by atoms with Gasteiger partial charge in [-0.05, 0) is 32.1 Å². The maximum atomic E-state index is 12.3. The summed E-state index contributed by atoms with van der Waals surface area (Å²) in [6, 6.07) is 7.34. The van der Waals surface area contributed by atoms with E-state index in [1.54, 1.807) is 11.8 Å². The molecule has 2 rings (SSSR count). The summed E-state index contributed by atoms with van der Waals surface area (Å²) in [7, 11) is 0. The first kappa shape index (κ1) is 16.7. The Labute approximate surface area is 134 Å². The van der Waals surface area contributed by atoms with Crippen molar-refractivity contribution >= 4 is 23.6 Å². The Morgan fingerprint density at radius 2 is 2.14 bits per heavy atom. The van der Waals surface area contributed by atoms with Crippen molar-refractivity contribution in [2.75, 3.05) is 11.5 Å². The third-order valence-electron chi connectivity index (χ3n) is 3.50. The van der Waals surface area contributed by atoms with Crippen LogP contribution < -0.4 is 10.1 Å². The van der Waals surface area contributed by atoms with Crippen molar-refractivity contribution in [2.24, 2.45) is 0 Å². The van der Waals surface area contributed by atoms with Crippen LogP contribution in [-0.4, -0.2) is 40.1 Å². The van der Waals surface area contributed by atoms with Gasteiger partial charge in [-0.15, -0.1) is 0 Å². The molecule has 0 radical (unpaired) electrons. The quantitative estimate of drug-likeness (QED) is 0.838. The molecule has 0 aliphatic carbocycles. The van der Waals surface area contributed by atoms with Gasteiger partial charge in [0, 0.05) is 11.3 Å². The van der Waals surface area contributed by atoms with E-state index in [0.29, 0.717) is 17.9 Å². The molecule has 1 unspecified atom stereocenters. The summed E-state index contributed by atoms with van der Waals surface area (Å²) in [5, 5.41) is 12.1. The van der Waals surface area contributed by atoms with Gasteiger partial charge >= 0.3 is 5.97 Å². The predicted octanol–water partition coefficient (Wildman–Crippen LogP) is 2.09. The van der Waals surface area contributed by atoms with Gasteiger partial charge in [0.1, 0.15) is 11.3 Å². The Hall–Kier alpha value is -1.69. The zero-order valence-corrected chi connectivity index (χ0v) is 13.6. The fourth-order valence-corrected chi connectivity index (χ4v) is 3.71. The van der Waals surface area contributed by atoms with Crippen LogP contribution in [0.3, 0.4) is 0 Å². The maximum absolute atomic E-state index is 12.3. The Kier molecular flexibility index (Phi) is 5.34. The Morgan fingerprint density at radius 1 is 1.41 bits per heavy atom. The van der Waals surface area contributed by atoms with Crippen LogP contribution in [0, 0.1) is 0 Å². The van der Waals surface area contributed by atoms with Crippen LogP contribution in [0.15, 0.2) is 24.3 Å². The maximum Gasteiger partial charge on any atom is 0.330 e. The lowest BCUT2D eigenvalue weighted by Gasteiger charge is -2.25. The van der Waals surface area contributed by atoms with Crippen molar-refractivity contribution in [3.8, 4) is 5.75 Å². The first-order chi connectivity index (χ1) is 10.4. The van der Waals surface area contributed by atoms with E-state index in [-0.39, 0.29) is 18.4 Å². The highest BCUT2D eigenvalue weighted by Crippen LogP contribution is 2.28. The fourth-order valence-electron chi connectivity index (χ4n) is 2.39. The standard InChI is InChI=1S/C16H21NO4S/c1-11(2)21-13-6-4-3-5-12(13)9-14(18)17-16(15(19)20)7-8-22-10-16/h3-6,11H,7-10H2,1-2H3,(H,17,18)(H,19,20). The van der Waals surface area contributed by atoms with E-state index in [4.69, 9.17) is 4.74 Å². The molecule has 1 aliphatic rings. The van der Waals surface area contributed by atoms with Crippen molar-refractivity contribution in [1.82, 2.24) is 5.32 Å². The number of para-hydroxylation sites is 1. The number of ether oxygens (including phenoxy) is 1. The molecule has 1 fully saturated rings. The third kappa shape index (κ3) is 3.94. The molecule has 0 spiro atoms. The van der Waals surface area contributed by atoms with Crippen LogP contribution in [-0.2, 0) is 16.0 Å². The molecule has 0 aromatic heterocycles. The molecular weight excluding hydrogens is 302 g/mol. The smallest absolute Gasteiger partial charge is 0.330 e. The van der Waals surface area contributed by atoms with Gasteiger partial charge in [0.25, 0.3) is 0 Å². The number of amides is 1. The normalized spacial score (nSPS) is 20.9. The van der Waals surface area contributed by atoms with Gasteiger partial charge in [0.05, 0.1) is 12.5 Å². The van der Waals surface area contributed by atoms with Gasteiger partial charge in [-0.25, -0.2) is 4.79 Å². The van der Waals surface area contributed by atoms with Crippen LogP contribution in [0.4, 0.5) is 0 Å². The molecular formula is C16H21NO4S. The lowest BCUT2D eigenvalue weighted by molar-refractivity contribution is -0.146. The number of carbonyl (C=O) groups excluding carboxylic acids is 1. The van der Waals surface area contributed by atoms with Gasteiger partial charge in [-0.1, -0.05) is 18.2 Å². The molecule has 1 saturated heterocycles. The highest BCUT2D eigenvalue weighted by molar-refractivity contribution is 7.99. The summed E-state index contributed by atoms with van der Waals surface area (Å²) in [6.07, 6.45) is 0.590. The van der Waals surface area contributed by atoms with Crippen molar-refractivity contribution in [2.45, 2.75) is 38.3 Å². The van der Waals surface area contributed by atoms with Crippen molar-refractivity contribution in [1.29, 1.82) is 0 Å². The van der Waals surface area contributed by atoms with E-state index < -0.39 is 11.5 Å². The second-order valence-electron chi connectivity index (χ2n) is 5.69. The molecule has 1 aliphatic heterocycles. The summed E-state index contributed by atoms with van der Waals surface area (Å²) >= 11 is 1.55. The minimum absolute atomic E-state index is 0.0146. The summed E-state index contributed by atoms with van der Waals surface area (Å²) in [5.41, 5.74) is -0.366. The van der Waals surface area contributed by atoms with Crippen LogP contribution in [0.1, 0.15) is 25.8 Å². The molecule has 120 valence electrons. The summed E-state index contributed by atoms with van der Waals surface area (Å²) in [5.74, 6) is 0.581. The van der Waals surface area contributed by atoms with E-state index in [9.17, 15) is 14.7 Å². The minimum Gasteiger partial charge on any atom is -0.491 e. The zero-order valence-electron chi connectivity index (χ0n) is 12.8. The highest BCUT2D eigenvalue weighted by Gasteiger charge is 2.43. The number of benzene rings is 1. The number of carbonyl (C=O) groups is 2. The largest absolute Gasteiger partial charge is 0.491 e. The van der Waals surface area contributed by atoms with E-state index in [1.165, 1.54) is 0 Å². The Bertz CT molecular complexity index is 553. The number of thioether (sulfide) groups is 1. The van der Waals surface area contributed by atoms with Crippen LogP contribution in [0.5, 0.6) is 5.75 Å². The highest BCUT2D eigenvalue weighted by atomic mass is 32.2. The molecule has 1 aromatic rings. The number of nitrogens with one attached hydrogen (secondary N) is 1. The molecule has 1 amide bonds. The molecule has 1 aromatic carbocycles. The molecule has 2 N–H and O–H groups in total. The number of hydrogen-bond donors (Lipinski definition) is 2. The van der Waals surface area contributed by atoms with E-state index in [1.807, 2.05) is 38.1 Å². The average Bonchev–Trinajstić information content (AvgIpc) is 2.90. The molecule has 22 heavy (non-hydrogen) atoms. The van der Waals surface area contributed by atoms with Gasteiger partial charge in [-0.2, -0.15) is 11.8 Å². The van der Waals surface area contributed by atoms with Gasteiger partial charge in [0.2, 0.25) is 5.91 Å². The van der Waals surface area contributed by atoms with Crippen molar-refractivity contribution in [3.05, 3.63) is 29.8 Å². The molecule has 1 atom stereocenters.